The summed E-state index contributed by atoms with van der Waals surface area (Å²) < 4.78 is 0. The van der Waals surface area contributed by atoms with Gasteiger partial charge in [-0.3, -0.25) is 0 Å². The van der Waals surface area contributed by atoms with E-state index in [-0.39, 0.29) is 0 Å². The Labute approximate surface area is 406 Å². The second-order valence-corrected chi connectivity index (χ2v) is 21.4. The lowest BCUT2D eigenvalue weighted by Crippen LogP contribution is -2.15. The second-order valence-electron chi connectivity index (χ2n) is 21.4. The van der Waals surface area contributed by atoms with Crippen LogP contribution in [0.1, 0.15) is 218 Å². The standard InChI is InChI=1S/6C10H16.C5H8/c1-8(2)10-6-4-9(3)5-7-10;1-8(2)10-6-4-5-9(3)7-10;1-9-5-3-7-10(2)8-4-6-9;1-9-5-3-4-6-10(2)8-7-9;1-4-10(3)7-5-9(2)6-8-10;1-4-10(3)7-5-6-9(2)8-10;1-4-5(2)3/h4,10H,1,5-7H2,2-3H3;5,10H,1,4,6-7H2,2-3H3;5,8H,3-4,6-7H2,1-2H3;5-6H,3-4,7-8H2,1-2H3;4-5H,1,6-8H2,2-3H3;4,6H,1,5,7-8H2,2-3H3;4H,1-2H2,3H3/b;;9-5-,10-8-;9-5-,10-6-;;;. The van der Waals surface area contributed by atoms with E-state index >= 15 is 0 Å². The molecular formula is C65H104. The highest BCUT2D eigenvalue weighted by Crippen LogP contribution is 2.37. The minimum absolute atomic E-state index is 0.388. The van der Waals surface area contributed by atoms with E-state index in [0.717, 1.165) is 17.4 Å². The molecule has 6 rings (SSSR count). The molecule has 0 nitrogen and oxygen atoms in total. The molecule has 0 fully saturated rings. The molecule has 0 spiro atoms. The Kier molecular flexibility index (Phi) is 32.7. The molecule has 0 saturated heterocycles. The first-order valence-corrected chi connectivity index (χ1v) is 25.7. The van der Waals surface area contributed by atoms with Crippen LogP contribution >= 0.6 is 0 Å². The predicted molar refractivity (Wildman–Crippen MR) is 301 cm³/mol. The third kappa shape index (κ3) is 31.8. The first-order valence-electron chi connectivity index (χ1n) is 25.7. The van der Waals surface area contributed by atoms with Crippen LogP contribution in [0, 0.1) is 22.7 Å². The molecule has 4 unspecified atom stereocenters. The average Bonchev–Trinajstić information content (AvgIpc) is 3.26. The minimum atomic E-state index is 0.388. The van der Waals surface area contributed by atoms with E-state index in [1.54, 1.807) is 45.1 Å². The average molecular weight is 886 g/mol. The van der Waals surface area contributed by atoms with Gasteiger partial charge < -0.3 is 0 Å². The Morgan fingerprint density at radius 2 is 0.908 bits per heavy atom. The maximum atomic E-state index is 3.99. The largest absolute Gasteiger partial charge is 0.103 e. The van der Waals surface area contributed by atoms with Crippen molar-refractivity contribution in [3.63, 3.8) is 0 Å². The van der Waals surface area contributed by atoms with Crippen molar-refractivity contribution in [2.24, 2.45) is 22.7 Å². The Bertz CT molecular complexity index is 1700. The molecule has 0 saturated carbocycles. The van der Waals surface area contributed by atoms with E-state index in [1.807, 2.05) is 6.92 Å². The molecule has 0 heterocycles. The van der Waals surface area contributed by atoms with Crippen LogP contribution in [-0.4, -0.2) is 0 Å². The molecule has 6 aliphatic carbocycles. The molecule has 0 aromatic carbocycles. The van der Waals surface area contributed by atoms with Crippen LogP contribution in [-0.2, 0) is 0 Å². The number of rotatable bonds is 5. The van der Waals surface area contributed by atoms with Crippen molar-refractivity contribution in [2.45, 2.75) is 218 Å². The fraction of sp³-hybridized carbons (Fsp3) is 0.569. The summed E-state index contributed by atoms with van der Waals surface area (Å²) in [7, 11) is 0. The molecule has 6 aliphatic rings. The SMILES string of the molecule is C/C1=C/CC/C(C)=C\CC1.C/C1=C/CC/C=C(/C)CC1.C=C(C)C1CC=C(C)CC1.C=C(C)C1CCC=C(C)C1.C=CC(=C)C.C=CC1(C)CC=C(C)CC1.C=CC1(C)CCC=C(C)C1. The molecule has 0 amide bonds. The van der Waals surface area contributed by atoms with Gasteiger partial charge in [-0.2, -0.15) is 0 Å². The fourth-order valence-corrected chi connectivity index (χ4v) is 8.39. The molecule has 0 N–H and O–H groups in total. The van der Waals surface area contributed by atoms with Gasteiger partial charge in [0.05, 0.1) is 0 Å². The summed E-state index contributed by atoms with van der Waals surface area (Å²) in [6, 6.07) is 0. The van der Waals surface area contributed by atoms with Crippen LogP contribution in [0.2, 0.25) is 0 Å². The minimum Gasteiger partial charge on any atom is -0.103 e. The number of hydrogen-bond donors (Lipinski definition) is 0. The molecule has 0 heteroatoms. The monoisotopic (exact) mass is 885 g/mol. The third-order valence-corrected chi connectivity index (χ3v) is 14.0. The molecule has 0 aromatic rings. The van der Waals surface area contributed by atoms with Gasteiger partial charge in [0.2, 0.25) is 0 Å². The number of hydrogen-bond acceptors (Lipinski definition) is 0. The van der Waals surface area contributed by atoms with Gasteiger partial charge in [0.25, 0.3) is 0 Å². The summed E-state index contributed by atoms with van der Waals surface area (Å²) in [5, 5.41) is 0. The van der Waals surface area contributed by atoms with Gasteiger partial charge in [-0.25, -0.2) is 0 Å². The van der Waals surface area contributed by atoms with Gasteiger partial charge in [0, 0.05) is 0 Å². The summed E-state index contributed by atoms with van der Waals surface area (Å²) in [5.41, 5.74) is 16.9. The van der Waals surface area contributed by atoms with Crippen LogP contribution in [0.3, 0.4) is 0 Å². The Morgan fingerprint density at radius 1 is 0.462 bits per heavy atom. The highest BCUT2D eigenvalue weighted by Gasteiger charge is 2.23. The second kappa shape index (κ2) is 34.6. The van der Waals surface area contributed by atoms with Crippen LogP contribution in [0.5, 0.6) is 0 Å². The van der Waals surface area contributed by atoms with E-state index < -0.39 is 0 Å². The summed E-state index contributed by atoms with van der Waals surface area (Å²) >= 11 is 0. The fourth-order valence-electron chi connectivity index (χ4n) is 8.39. The zero-order valence-electron chi connectivity index (χ0n) is 45.4. The lowest BCUT2D eigenvalue weighted by atomic mass is 9.76. The van der Waals surface area contributed by atoms with E-state index in [2.05, 4.69) is 183 Å². The molecule has 65 heavy (non-hydrogen) atoms. The topological polar surface area (TPSA) is 0 Å². The van der Waals surface area contributed by atoms with Crippen LogP contribution in [0.25, 0.3) is 0 Å². The molecule has 0 aromatic heterocycles. The van der Waals surface area contributed by atoms with Crippen molar-refractivity contribution in [3.8, 4) is 0 Å². The first-order chi connectivity index (χ1) is 30.6. The first kappa shape index (κ1) is 61.4. The molecule has 0 bridgehead atoms. The summed E-state index contributed by atoms with van der Waals surface area (Å²) in [6.45, 7) is 51.2. The quantitative estimate of drug-likeness (QED) is 0.191. The molecule has 4 atom stereocenters. The van der Waals surface area contributed by atoms with E-state index in [4.69, 9.17) is 0 Å². The Balaban J connectivity index is 0.000000741. The molecular weight excluding hydrogens is 781 g/mol. The zero-order chi connectivity index (χ0) is 49.4. The summed E-state index contributed by atoms with van der Waals surface area (Å²) in [4.78, 5) is 0. The predicted octanol–water partition coefficient (Wildman–Crippen LogP) is 21.9. The number of allylic oxidation sites excluding steroid dienone is 22. The lowest BCUT2D eigenvalue weighted by Gasteiger charge is -2.29. The maximum Gasteiger partial charge on any atom is -0.0109 e. The van der Waals surface area contributed by atoms with Gasteiger partial charge in [-0.15, -0.1) is 13.2 Å². The normalized spacial score (nSPS) is 28.2. The van der Waals surface area contributed by atoms with Crippen molar-refractivity contribution in [2.75, 3.05) is 0 Å². The third-order valence-electron chi connectivity index (χ3n) is 14.0. The van der Waals surface area contributed by atoms with Gasteiger partial charge >= 0.3 is 0 Å². The van der Waals surface area contributed by atoms with Crippen molar-refractivity contribution >= 4 is 0 Å². The van der Waals surface area contributed by atoms with Crippen molar-refractivity contribution in [1.29, 1.82) is 0 Å². The lowest BCUT2D eigenvalue weighted by molar-refractivity contribution is 0.375. The summed E-state index contributed by atoms with van der Waals surface area (Å²) in [6.07, 6.45) is 49.8. The Morgan fingerprint density at radius 3 is 1.28 bits per heavy atom. The molecule has 0 radical (unpaired) electrons. The highest BCUT2D eigenvalue weighted by atomic mass is 14.3. The Hall–Kier alpha value is -3.64. The van der Waals surface area contributed by atoms with Crippen molar-refractivity contribution in [1.82, 2.24) is 0 Å². The van der Waals surface area contributed by atoms with Gasteiger partial charge in [0.1, 0.15) is 0 Å². The maximum absolute atomic E-state index is 3.99. The van der Waals surface area contributed by atoms with Crippen LogP contribution < -0.4 is 0 Å². The van der Waals surface area contributed by atoms with E-state index in [1.165, 1.54) is 145 Å². The smallest absolute Gasteiger partial charge is 0.0109 e. The van der Waals surface area contributed by atoms with Crippen molar-refractivity contribution < 1.29 is 0 Å². The van der Waals surface area contributed by atoms with Crippen molar-refractivity contribution in [3.05, 3.63) is 168 Å². The van der Waals surface area contributed by atoms with E-state index in [0.29, 0.717) is 10.8 Å². The zero-order valence-corrected chi connectivity index (χ0v) is 45.4. The summed E-state index contributed by atoms with van der Waals surface area (Å²) in [5.74, 6) is 1.54. The van der Waals surface area contributed by atoms with Crippen LogP contribution in [0.15, 0.2) is 168 Å². The highest BCUT2D eigenvalue weighted by molar-refractivity contribution is 5.14. The van der Waals surface area contributed by atoms with Gasteiger partial charge in [-0.05, 0) is 227 Å². The molecule has 364 valence electrons. The van der Waals surface area contributed by atoms with Gasteiger partial charge in [-0.1, -0.05) is 168 Å². The van der Waals surface area contributed by atoms with Gasteiger partial charge in [0.15, 0.2) is 0 Å². The van der Waals surface area contributed by atoms with E-state index in [9.17, 15) is 0 Å². The molecule has 0 aliphatic heterocycles. The van der Waals surface area contributed by atoms with Crippen LogP contribution in [0.4, 0.5) is 0 Å².